The molecule has 0 aromatic rings. The Morgan fingerprint density at radius 3 is 1.77 bits per heavy atom. The topological polar surface area (TPSA) is 9.23 Å². The number of alkyl halides is 3. The van der Waals surface area contributed by atoms with Crippen LogP contribution in [0, 0.1) is 0 Å². The molecule has 0 aliphatic heterocycles. The smallest absolute Gasteiger partial charge is 0.389 e. The summed E-state index contributed by atoms with van der Waals surface area (Å²) in [5.74, 6) is 0. The van der Waals surface area contributed by atoms with Gasteiger partial charge in [0.2, 0.25) is 8.32 Å². The van der Waals surface area contributed by atoms with Gasteiger partial charge in [0.1, 0.15) is 0 Å². The van der Waals surface area contributed by atoms with Crippen molar-refractivity contribution in [2.24, 2.45) is 0 Å². The molecule has 0 bridgehead atoms. The largest absolute Gasteiger partial charge is 0.417 e. The standard InChI is InChI=1S/C8H17F3OSi/c1-4-12-13(5-2,6-3)7-8(9,10)11/h4-7H2,1-3H3. The van der Waals surface area contributed by atoms with Gasteiger partial charge in [0.15, 0.2) is 0 Å². The molecule has 13 heavy (non-hydrogen) atoms. The molecule has 1 nitrogen and oxygen atoms in total. The summed E-state index contributed by atoms with van der Waals surface area (Å²) in [4.78, 5) is 0. The van der Waals surface area contributed by atoms with Crippen molar-refractivity contribution in [2.45, 2.75) is 45.1 Å². The first-order chi connectivity index (χ1) is 5.89. The van der Waals surface area contributed by atoms with Gasteiger partial charge in [0, 0.05) is 6.61 Å². The number of hydrogen-bond donors (Lipinski definition) is 0. The first-order valence-electron chi connectivity index (χ1n) is 4.60. The molecule has 0 atom stereocenters. The van der Waals surface area contributed by atoms with Gasteiger partial charge >= 0.3 is 6.18 Å². The Hall–Kier alpha value is -0.0331. The Balaban J connectivity index is 4.38. The molecule has 80 valence electrons. The highest BCUT2D eigenvalue weighted by Crippen LogP contribution is 2.33. The Kier molecular flexibility index (Phi) is 4.99. The molecular formula is C8H17F3OSi. The molecule has 0 aliphatic rings. The predicted molar refractivity (Wildman–Crippen MR) is 49.2 cm³/mol. The van der Waals surface area contributed by atoms with Gasteiger partial charge < -0.3 is 4.43 Å². The van der Waals surface area contributed by atoms with Crippen LogP contribution in [0.1, 0.15) is 20.8 Å². The van der Waals surface area contributed by atoms with E-state index in [4.69, 9.17) is 4.43 Å². The first kappa shape index (κ1) is 13.0. The monoisotopic (exact) mass is 214 g/mol. The lowest BCUT2D eigenvalue weighted by molar-refractivity contribution is -0.113. The summed E-state index contributed by atoms with van der Waals surface area (Å²) < 4.78 is 41.9. The third-order valence-corrected chi connectivity index (χ3v) is 6.79. The predicted octanol–water partition coefficient (Wildman–Crippen LogP) is 3.57. The van der Waals surface area contributed by atoms with Crippen LogP contribution in [0.2, 0.25) is 18.1 Å². The Morgan fingerprint density at radius 2 is 1.54 bits per heavy atom. The summed E-state index contributed by atoms with van der Waals surface area (Å²) >= 11 is 0. The molecule has 0 spiro atoms. The van der Waals surface area contributed by atoms with Crippen LogP contribution in [0.4, 0.5) is 13.2 Å². The molecular weight excluding hydrogens is 197 g/mol. The van der Waals surface area contributed by atoms with Crippen LogP contribution in [0.25, 0.3) is 0 Å². The molecule has 0 N–H and O–H groups in total. The minimum absolute atomic E-state index is 0.393. The van der Waals surface area contributed by atoms with E-state index in [1.807, 2.05) is 0 Å². The van der Waals surface area contributed by atoms with E-state index in [9.17, 15) is 13.2 Å². The maximum atomic E-state index is 12.2. The lowest BCUT2D eigenvalue weighted by Crippen LogP contribution is -2.41. The molecule has 0 heterocycles. The molecule has 5 heteroatoms. The number of rotatable bonds is 5. The average Bonchev–Trinajstić information content (AvgIpc) is 2.01. The molecule has 0 unspecified atom stereocenters. The molecule has 0 amide bonds. The van der Waals surface area contributed by atoms with Crippen molar-refractivity contribution in [1.82, 2.24) is 0 Å². The number of hydrogen-bond acceptors (Lipinski definition) is 1. The molecule has 0 rings (SSSR count). The van der Waals surface area contributed by atoms with Gasteiger partial charge in [0.05, 0.1) is 6.04 Å². The van der Waals surface area contributed by atoms with Gasteiger partial charge in [0.25, 0.3) is 0 Å². The molecule has 0 saturated carbocycles. The van der Waals surface area contributed by atoms with E-state index in [1.165, 1.54) is 0 Å². The van der Waals surface area contributed by atoms with Crippen molar-refractivity contribution in [2.75, 3.05) is 6.61 Å². The highest BCUT2D eigenvalue weighted by atomic mass is 28.4. The third kappa shape index (κ3) is 4.66. The normalized spacial score (nSPS) is 13.4. The molecule has 0 radical (unpaired) electrons. The van der Waals surface area contributed by atoms with E-state index in [1.54, 1.807) is 20.8 Å². The SMILES string of the molecule is CCO[Si](CC)(CC)CC(F)(F)F. The Morgan fingerprint density at radius 1 is 1.08 bits per heavy atom. The zero-order valence-corrected chi connectivity index (χ0v) is 9.37. The van der Waals surface area contributed by atoms with Crippen molar-refractivity contribution >= 4 is 8.32 Å². The average molecular weight is 214 g/mol. The molecule has 0 aromatic carbocycles. The van der Waals surface area contributed by atoms with Gasteiger partial charge in [-0.2, -0.15) is 13.2 Å². The third-order valence-electron chi connectivity index (χ3n) is 2.26. The van der Waals surface area contributed by atoms with Crippen molar-refractivity contribution in [3.05, 3.63) is 0 Å². The molecule has 0 aromatic heterocycles. The Labute approximate surface area is 78.4 Å². The lowest BCUT2D eigenvalue weighted by atomic mass is 10.8. The minimum Gasteiger partial charge on any atom is -0.417 e. The summed E-state index contributed by atoms with van der Waals surface area (Å²) in [7, 11) is -2.50. The van der Waals surface area contributed by atoms with Gasteiger partial charge in [-0.1, -0.05) is 13.8 Å². The van der Waals surface area contributed by atoms with E-state index in [0.29, 0.717) is 18.7 Å². The fraction of sp³-hybridized carbons (Fsp3) is 1.00. The van der Waals surface area contributed by atoms with E-state index in [2.05, 4.69) is 0 Å². The van der Waals surface area contributed by atoms with E-state index >= 15 is 0 Å². The maximum absolute atomic E-state index is 12.2. The number of halogens is 3. The summed E-state index contributed by atoms with van der Waals surface area (Å²) in [6.45, 7) is 5.72. The van der Waals surface area contributed by atoms with Crippen molar-refractivity contribution in [3.63, 3.8) is 0 Å². The van der Waals surface area contributed by atoms with Crippen molar-refractivity contribution < 1.29 is 17.6 Å². The van der Waals surface area contributed by atoms with Crippen LogP contribution in [0.15, 0.2) is 0 Å². The second-order valence-electron chi connectivity index (χ2n) is 3.12. The van der Waals surface area contributed by atoms with Crippen LogP contribution in [-0.2, 0) is 4.43 Å². The molecule has 0 aliphatic carbocycles. The summed E-state index contributed by atoms with van der Waals surface area (Å²) in [5.41, 5.74) is 0. The van der Waals surface area contributed by atoms with Gasteiger partial charge in [-0.15, -0.1) is 0 Å². The van der Waals surface area contributed by atoms with Gasteiger partial charge in [-0.3, -0.25) is 0 Å². The van der Waals surface area contributed by atoms with E-state index < -0.39 is 20.5 Å². The maximum Gasteiger partial charge on any atom is 0.389 e. The zero-order chi connectivity index (χ0) is 10.5. The lowest BCUT2D eigenvalue weighted by Gasteiger charge is -2.29. The summed E-state index contributed by atoms with van der Waals surface area (Å²) in [6.07, 6.45) is -4.08. The van der Waals surface area contributed by atoms with Crippen LogP contribution in [0.5, 0.6) is 0 Å². The van der Waals surface area contributed by atoms with Crippen molar-refractivity contribution in [3.8, 4) is 0 Å². The highest BCUT2D eigenvalue weighted by Gasteiger charge is 2.43. The van der Waals surface area contributed by atoms with Crippen LogP contribution in [0.3, 0.4) is 0 Å². The summed E-state index contributed by atoms with van der Waals surface area (Å²) in [6, 6.07) is 0.370. The second-order valence-corrected chi connectivity index (χ2v) is 7.54. The molecule has 0 fully saturated rings. The Bertz CT molecular complexity index is 143. The van der Waals surface area contributed by atoms with E-state index in [0.717, 1.165) is 0 Å². The first-order valence-corrected chi connectivity index (χ1v) is 7.12. The van der Waals surface area contributed by atoms with Gasteiger partial charge in [-0.25, -0.2) is 0 Å². The minimum atomic E-state index is -4.08. The van der Waals surface area contributed by atoms with Crippen molar-refractivity contribution in [1.29, 1.82) is 0 Å². The molecule has 0 saturated heterocycles. The van der Waals surface area contributed by atoms with E-state index in [-0.39, 0.29) is 0 Å². The zero-order valence-electron chi connectivity index (χ0n) is 8.37. The second kappa shape index (κ2) is 5.00. The van der Waals surface area contributed by atoms with Crippen LogP contribution in [-0.4, -0.2) is 21.1 Å². The van der Waals surface area contributed by atoms with Crippen LogP contribution < -0.4 is 0 Å². The van der Waals surface area contributed by atoms with Crippen LogP contribution >= 0.6 is 0 Å². The highest BCUT2D eigenvalue weighted by molar-refractivity contribution is 6.73. The fourth-order valence-electron chi connectivity index (χ4n) is 1.43. The quantitative estimate of drug-likeness (QED) is 0.636. The van der Waals surface area contributed by atoms with Gasteiger partial charge in [-0.05, 0) is 19.0 Å². The fourth-order valence-corrected chi connectivity index (χ4v) is 4.28. The summed E-state index contributed by atoms with van der Waals surface area (Å²) in [5, 5.41) is 0.